The topological polar surface area (TPSA) is 95.4 Å². The molecule has 6 unspecified atom stereocenters. The predicted molar refractivity (Wildman–Crippen MR) is 186 cm³/mol. The number of piperidine rings is 2. The zero-order valence-electron chi connectivity index (χ0n) is 29.7. The van der Waals surface area contributed by atoms with Crippen molar-refractivity contribution in [3.05, 3.63) is 46.5 Å². The van der Waals surface area contributed by atoms with E-state index >= 15 is 0 Å². The Labute approximate surface area is 278 Å². The average Bonchev–Trinajstić information content (AvgIpc) is 3.04. The van der Waals surface area contributed by atoms with Crippen LogP contribution >= 0.6 is 0 Å². The van der Waals surface area contributed by atoms with Gasteiger partial charge in [-0.3, -0.25) is 9.80 Å². The molecule has 2 saturated heterocycles. The Balaban J connectivity index is 0.000000181. The lowest BCUT2D eigenvalue weighted by Crippen LogP contribution is -2.51. The summed E-state index contributed by atoms with van der Waals surface area (Å²) in [4.78, 5) is 5.26. The number of nitrogens with zero attached hydrogens (tertiary/aromatic N) is 2. The van der Waals surface area contributed by atoms with Crippen LogP contribution in [0.15, 0.2) is 24.3 Å². The summed E-state index contributed by atoms with van der Waals surface area (Å²) in [5.41, 5.74) is 18.6. The second kappa shape index (κ2) is 15.1. The highest BCUT2D eigenvalue weighted by Gasteiger charge is 2.39. The van der Waals surface area contributed by atoms with Gasteiger partial charge in [0.25, 0.3) is 0 Å². The Kier molecular flexibility index (Phi) is 11.5. The number of hydrogen-bond acceptors (Lipinski definition) is 8. The minimum Gasteiger partial charge on any atom is -0.493 e. The van der Waals surface area contributed by atoms with Crippen LogP contribution in [0.1, 0.15) is 87.7 Å². The van der Waals surface area contributed by atoms with Crippen LogP contribution in [0.3, 0.4) is 0 Å². The molecule has 0 amide bonds. The number of ether oxygens (including phenoxy) is 4. The highest BCUT2D eigenvalue weighted by molar-refractivity contribution is 5.50. The van der Waals surface area contributed by atoms with Crippen molar-refractivity contribution >= 4 is 0 Å². The molecular weight excluding hydrogens is 576 g/mol. The minimum absolute atomic E-state index is 0.290. The van der Waals surface area contributed by atoms with Crippen LogP contribution in [0, 0.1) is 23.7 Å². The van der Waals surface area contributed by atoms with Crippen LogP contribution in [0.4, 0.5) is 0 Å². The fourth-order valence-corrected chi connectivity index (χ4v) is 8.63. The average molecular weight is 637 g/mol. The smallest absolute Gasteiger partial charge is 0.161 e. The molecule has 0 aliphatic carbocycles. The first-order valence-electron chi connectivity index (χ1n) is 17.5. The van der Waals surface area contributed by atoms with E-state index in [0.29, 0.717) is 35.8 Å². The highest BCUT2D eigenvalue weighted by Crippen LogP contribution is 2.44. The largest absolute Gasteiger partial charge is 0.493 e. The van der Waals surface area contributed by atoms with E-state index in [1.165, 1.54) is 35.1 Å². The van der Waals surface area contributed by atoms with E-state index in [4.69, 9.17) is 30.4 Å². The van der Waals surface area contributed by atoms with E-state index in [0.717, 1.165) is 74.9 Å². The van der Waals surface area contributed by atoms with Gasteiger partial charge < -0.3 is 30.4 Å². The summed E-state index contributed by atoms with van der Waals surface area (Å²) in [7, 11) is 6.81. The lowest BCUT2D eigenvalue weighted by molar-refractivity contribution is 0.0739. The third-order valence-electron chi connectivity index (χ3n) is 10.9. The van der Waals surface area contributed by atoms with E-state index in [1.54, 1.807) is 28.4 Å². The lowest BCUT2D eigenvalue weighted by Gasteiger charge is -2.46. The van der Waals surface area contributed by atoms with Gasteiger partial charge in [-0.1, -0.05) is 27.7 Å². The van der Waals surface area contributed by atoms with Crippen LogP contribution in [0.2, 0.25) is 0 Å². The fraction of sp³-hybridized carbons (Fsp3) is 0.684. The Morgan fingerprint density at radius 2 is 0.957 bits per heavy atom. The number of hydrogen-bond donors (Lipinski definition) is 2. The van der Waals surface area contributed by atoms with Gasteiger partial charge in [-0.05, 0) is 109 Å². The number of rotatable bonds is 8. The maximum Gasteiger partial charge on any atom is 0.161 e. The zero-order chi connectivity index (χ0) is 33.1. The SMILES string of the molecule is COc1cc2c(cc1OC)C1CC(N)C(CC(C)C)CN1CC2.COc1cc2c(cc1OC)C1CC(N)C(CC(C)C)CN1CC2. The molecule has 6 atom stereocenters. The maximum absolute atomic E-state index is 6.54. The van der Waals surface area contributed by atoms with Gasteiger partial charge >= 0.3 is 0 Å². The van der Waals surface area contributed by atoms with Crippen molar-refractivity contribution in [1.29, 1.82) is 0 Å². The molecule has 8 heteroatoms. The summed E-state index contributed by atoms with van der Waals surface area (Å²) in [5, 5.41) is 0. The van der Waals surface area contributed by atoms with Gasteiger partial charge in [-0.25, -0.2) is 0 Å². The molecule has 8 nitrogen and oxygen atoms in total. The van der Waals surface area contributed by atoms with Gasteiger partial charge in [0.15, 0.2) is 23.0 Å². The van der Waals surface area contributed by atoms with Crippen LogP contribution in [0.25, 0.3) is 0 Å². The molecule has 4 heterocycles. The van der Waals surface area contributed by atoms with Gasteiger partial charge in [-0.15, -0.1) is 0 Å². The van der Waals surface area contributed by atoms with Crippen LogP contribution in [-0.2, 0) is 12.8 Å². The van der Waals surface area contributed by atoms with Crippen molar-refractivity contribution in [2.45, 2.75) is 90.4 Å². The Hall–Kier alpha value is -2.52. The standard InChI is InChI=1S/2C19H30N2O2/c2*1-12(2)7-14-11-21-6-5-13-8-18(22-3)19(23-4)9-15(13)17(21)10-16(14)20/h2*8-9,12,14,16-17H,5-7,10-11,20H2,1-4H3. The molecule has 46 heavy (non-hydrogen) atoms. The van der Waals surface area contributed by atoms with Gasteiger partial charge in [0, 0.05) is 50.3 Å². The molecule has 0 bridgehead atoms. The molecule has 4 aliphatic rings. The number of methoxy groups -OCH3 is 4. The summed E-state index contributed by atoms with van der Waals surface area (Å²) in [6.07, 6.45) is 6.69. The lowest BCUT2D eigenvalue weighted by atomic mass is 9.78. The van der Waals surface area contributed by atoms with Crippen molar-refractivity contribution < 1.29 is 18.9 Å². The summed E-state index contributed by atoms with van der Waals surface area (Å²) < 4.78 is 21.9. The van der Waals surface area contributed by atoms with Crippen molar-refractivity contribution in [3.8, 4) is 23.0 Å². The quantitative estimate of drug-likeness (QED) is 0.365. The van der Waals surface area contributed by atoms with Crippen molar-refractivity contribution in [3.63, 3.8) is 0 Å². The molecular formula is C38H60N4O4. The normalized spacial score (nSPS) is 27.5. The van der Waals surface area contributed by atoms with Crippen molar-refractivity contribution in [1.82, 2.24) is 9.80 Å². The first-order valence-corrected chi connectivity index (χ1v) is 17.5. The molecule has 2 fully saturated rings. The van der Waals surface area contributed by atoms with Crippen LogP contribution in [-0.4, -0.2) is 76.5 Å². The van der Waals surface area contributed by atoms with E-state index in [1.807, 2.05) is 0 Å². The van der Waals surface area contributed by atoms with E-state index in [-0.39, 0.29) is 12.1 Å². The number of benzene rings is 2. The first kappa shape index (κ1) is 34.8. The Morgan fingerprint density at radius 3 is 1.28 bits per heavy atom. The van der Waals surface area contributed by atoms with Crippen LogP contribution in [0.5, 0.6) is 23.0 Å². The molecule has 0 saturated carbocycles. The second-order valence-electron chi connectivity index (χ2n) is 14.9. The second-order valence-corrected chi connectivity index (χ2v) is 14.9. The summed E-state index contributed by atoms with van der Waals surface area (Å²) in [6, 6.07) is 10.1. The van der Waals surface area contributed by atoms with Gasteiger partial charge in [0.05, 0.1) is 28.4 Å². The molecule has 0 radical (unpaired) electrons. The van der Waals surface area contributed by atoms with Gasteiger partial charge in [0.1, 0.15) is 0 Å². The number of nitrogens with two attached hydrogens (primary N) is 2. The molecule has 4 N–H and O–H groups in total. The first-order chi connectivity index (χ1) is 22.1. The Morgan fingerprint density at radius 1 is 0.609 bits per heavy atom. The Bertz CT molecular complexity index is 1220. The predicted octanol–water partition coefficient (Wildman–Crippen LogP) is 5.99. The summed E-state index contributed by atoms with van der Waals surface area (Å²) in [5.74, 6) is 5.97. The van der Waals surface area contributed by atoms with E-state index < -0.39 is 0 Å². The molecule has 0 spiro atoms. The molecule has 6 rings (SSSR count). The van der Waals surface area contributed by atoms with E-state index in [9.17, 15) is 0 Å². The molecule has 2 aromatic rings. The van der Waals surface area contributed by atoms with Crippen molar-refractivity contribution in [2.24, 2.45) is 35.1 Å². The molecule has 2 aromatic carbocycles. The summed E-state index contributed by atoms with van der Waals surface area (Å²) >= 11 is 0. The van der Waals surface area contributed by atoms with Crippen LogP contribution < -0.4 is 30.4 Å². The van der Waals surface area contributed by atoms with Gasteiger partial charge in [0.2, 0.25) is 0 Å². The van der Waals surface area contributed by atoms with E-state index in [2.05, 4.69) is 61.8 Å². The number of fused-ring (bicyclic) bond motifs is 6. The fourth-order valence-electron chi connectivity index (χ4n) is 8.63. The highest BCUT2D eigenvalue weighted by atomic mass is 16.5. The maximum atomic E-state index is 6.54. The monoisotopic (exact) mass is 636 g/mol. The van der Waals surface area contributed by atoms with Gasteiger partial charge in [-0.2, -0.15) is 0 Å². The third kappa shape index (κ3) is 7.46. The zero-order valence-corrected chi connectivity index (χ0v) is 29.7. The third-order valence-corrected chi connectivity index (χ3v) is 10.9. The molecule has 256 valence electrons. The molecule has 0 aromatic heterocycles. The molecule has 4 aliphatic heterocycles. The van der Waals surface area contributed by atoms with Crippen molar-refractivity contribution in [2.75, 3.05) is 54.6 Å². The minimum atomic E-state index is 0.290. The summed E-state index contributed by atoms with van der Waals surface area (Å²) in [6.45, 7) is 13.7.